The third-order valence-corrected chi connectivity index (χ3v) is 6.03. The van der Waals surface area contributed by atoms with E-state index in [1.807, 2.05) is 0 Å². The van der Waals surface area contributed by atoms with Crippen molar-refractivity contribution >= 4 is 42.1 Å². The number of halogens is 2. The van der Waals surface area contributed by atoms with Crippen LogP contribution in [0.3, 0.4) is 0 Å². The summed E-state index contributed by atoms with van der Waals surface area (Å²) in [4.78, 5) is 16.9. The van der Waals surface area contributed by atoms with Gasteiger partial charge in [0.25, 0.3) is 0 Å². The van der Waals surface area contributed by atoms with Crippen molar-refractivity contribution in [1.29, 1.82) is 0 Å². The number of carbonyl (C=O) groups is 1. The van der Waals surface area contributed by atoms with E-state index in [1.165, 1.54) is 44.2 Å². The van der Waals surface area contributed by atoms with Gasteiger partial charge in [0.1, 0.15) is 5.01 Å². The molecule has 0 radical (unpaired) electrons. The third-order valence-electron chi connectivity index (χ3n) is 5.16. The van der Waals surface area contributed by atoms with Crippen molar-refractivity contribution in [2.45, 2.75) is 69.5 Å². The van der Waals surface area contributed by atoms with E-state index in [4.69, 9.17) is 0 Å². The molecule has 2 heterocycles. The standard InChI is InChI=1S/C16H23N3OS.2ClH/c20-16(13-7-11-3-1-2-4-12(11)18-13)17-8-15-19-14(9-21-15)10-5-6-10;;/h9-13,18H,1-8H2,(H,17,20);2*1H. The summed E-state index contributed by atoms with van der Waals surface area (Å²) in [7, 11) is 0. The lowest BCUT2D eigenvalue weighted by Gasteiger charge is -2.24. The van der Waals surface area contributed by atoms with E-state index in [2.05, 4.69) is 21.0 Å². The molecule has 2 N–H and O–H groups in total. The fourth-order valence-corrected chi connectivity index (χ4v) is 4.60. The smallest absolute Gasteiger partial charge is 0.237 e. The molecular weight excluding hydrogens is 353 g/mol. The highest BCUT2D eigenvalue weighted by atomic mass is 35.5. The lowest BCUT2D eigenvalue weighted by molar-refractivity contribution is -0.123. The van der Waals surface area contributed by atoms with E-state index in [0.717, 1.165) is 17.3 Å². The topological polar surface area (TPSA) is 54.0 Å². The summed E-state index contributed by atoms with van der Waals surface area (Å²) < 4.78 is 0. The predicted octanol–water partition coefficient (Wildman–Crippen LogP) is 3.40. The molecule has 4 rings (SSSR count). The predicted molar refractivity (Wildman–Crippen MR) is 97.7 cm³/mol. The number of nitrogens with one attached hydrogen (secondary N) is 2. The molecule has 130 valence electrons. The minimum absolute atomic E-state index is 0. The van der Waals surface area contributed by atoms with Crippen molar-refractivity contribution in [3.05, 3.63) is 16.1 Å². The zero-order valence-electron chi connectivity index (χ0n) is 13.1. The maximum absolute atomic E-state index is 12.3. The summed E-state index contributed by atoms with van der Waals surface area (Å²) in [6.07, 6.45) is 8.76. The summed E-state index contributed by atoms with van der Waals surface area (Å²) in [6, 6.07) is 0.594. The lowest BCUT2D eigenvalue weighted by Crippen LogP contribution is -2.42. The molecular formula is C16H25Cl2N3OS. The van der Waals surface area contributed by atoms with Crippen molar-refractivity contribution in [2.24, 2.45) is 5.92 Å². The highest BCUT2D eigenvalue weighted by molar-refractivity contribution is 7.09. The number of fused-ring (bicyclic) bond motifs is 1. The van der Waals surface area contributed by atoms with E-state index in [9.17, 15) is 4.79 Å². The molecule has 1 amide bonds. The Kier molecular flexibility index (Phi) is 6.72. The van der Waals surface area contributed by atoms with Crippen LogP contribution in [0.4, 0.5) is 0 Å². The molecule has 1 aromatic rings. The largest absolute Gasteiger partial charge is 0.348 e. The number of nitrogens with zero attached hydrogens (tertiary/aromatic N) is 1. The number of amides is 1. The molecule has 2 aliphatic carbocycles. The number of hydrogen-bond acceptors (Lipinski definition) is 4. The summed E-state index contributed by atoms with van der Waals surface area (Å²) in [5.41, 5.74) is 1.23. The molecule has 3 unspecified atom stereocenters. The maximum atomic E-state index is 12.3. The monoisotopic (exact) mass is 377 g/mol. The van der Waals surface area contributed by atoms with E-state index in [0.29, 0.717) is 18.5 Å². The third kappa shape index (κ3) is 4.38. The van der Waals surface area contributed by atoms with E-state index < -0.39 is 0 Å². The van der Waals surface area contributed by atoms with E-state index >= 15 is 0 Å². The molecule has 7 heteroatoms. The van der Waals surface area contributed by atoms with Gasteiger partial charge in [-0.3, -0.25) is 4.79 Å². The average Bonchev–Trinajstić information content (AvgIpc) is 3.09. The van der Waals surface area contributed by atoms with Gasteiger partial charge in [0.2, 0.25) is 5.91 Å². The van der Waals surface area contributed by atoms with Crippen LogP contribution >= 0.6 is 36.2 Å². The van der Waals surface area contributed by atoms with Gasteiger partial charge in [-0.05, 0) is 38.0 Å². The van der Waals surface area contributed by atoms with Gasteiger partial charge in [-0.1, -0.05) is 12.8 Å². The molecule has 0 spiro atoms. The molecule has 3 aliphatic rings. The summed E-state index contributed by atoms with van der Waals surface area (Å²) in [5, 5.41) is 9.80. The van der Waals surface area contributed by atoms with E-state index in [-0.39, 0.29) is 36.8 Å². The second-order valence-corrected chi connectivity index (χ2v) is 7.71. The first kappa shape index (κ1) is 19.0. The van der Waals surface area contributed by atoms with Gasteiger partial charge in [-0.15, -0.1) is 36.2 Å². The molecule has 1 aromatic heterocycles. The fourth-order valence-electron chi connectivity index (χ4n) is 3.78. The van der Waals surface area contributed by atoms with Gasteiger partial charge in [-0.2, -0.15) is 0 Å². The van der Waals surface area contributed by atoms with Crippen LogP contribution in [0.25, 0.3) is 0 Å². The highest BCUT2D eigenvalue weighted by Crippen LogP contribution is 2.40. The normalized spacial score (nSPS) is 29.1. The zero-order chi connectivity index (χ0) is 14.2. The molecule has 3 atom stereocenters. The number of hydrogen-bond donors (Lipinski definition) is 2. The SMILES string of the molecule is Cl.Cl.O=C(NCc1nc(C2CC2)cs1)C1CC2CCCCC2N1. The number of rotatable bonds is 4. The van der Waals surface area contributed by atoms with Crippen molar-refractivity contribution in [3.63, 3.8) is 0 Å². The van der Waals surface area contributed by atoms with Gasteiger partial charge in [0, 0.05) is 17.3 Å². The molecule has 3 fully saturated rings. The maximum Gasteiger partial charge on any atom is 0.237 e. The molecule has 1 saturated heterocycles. The molecule has 4 nitrogen and oxygen atoms in total. The lowest BCUT2D eigenvalue weighted by atomic mass is 9.85. The fraction of sp³-hybridized carbons (Fsp3) is 0.750. The summed E-state index contributed by atoms with van der Waals surface area (Å²) >= 11 is 1.68. The van der Waals surface area contributed by atoms with Crippen molar-refractivity contribution in [3.8, 4) is 0 Å². The first-order chi connectivity index (χ1) is 10.3. The number of aromatic nitrogens is 1. The summed E-state index contributed by atoms with van der Waals surface area (Å²) in [5.74, 6) is 1.58. The number of thiazole rings is 1. The Bertz CT molecular complexity index is 521. The van der Waals surface area contributed by atoms with Crippen LogP contribution in [0.2, 0.25) is 0 Å². The van der Waals surface area contributed by atoms with Crippen molar-refractivity contribution < 1.29 is 4.79 Å². The highest BCUT2D eigenvalue weighted by Gasteiger charge is 2.38. The molecule has 0 aromatic carbocycles. The van der Waals surface area contributed by atoms with Gasteiger partial charge in [0.15, 0.2) is 0 Å². The molecule has 0 bridgehead atoms. The second-order valence-electron chi connectivity index (χ2n) is 6.76. The van der Waals surface area contributed by atoms with Gasteiger partial charge in [0.05, 0.1) is 18.3 Å². The minimum Gasteiger partial charge on any atom is -0.348 e. The molecule has 23 heavy (non-hydrogen) atoms. The Balaban J connectivity index is 0.000000960. The summed E-state index contributed by atoms with van der Waals surface area (Å²) in [6.45, 7) is 0.587. The van der Waals surface area contributed by atoms with Crippen LogP contribution in [0.15, 0.2) is 5.38 Å². The molecule has 1 aliphatic heterocycles. The zero-order valence-corrected chi connectivity index (χ0v) is 15.6. The van der Waals surface area contributed by atoms with Crippen LogP contribution in [0.5, 0.6) is 0 Å². The first-order valence-electron chi connectivity index (χ1n) is 8.27. The van der Waals surface area contributed by atoms with Crippen LogP contribution in [0.1, 0.15) is 61.6 Å². The Morgan fingerprint density at radius 1 is 1.26 bits per heavy atom. The van der Waals surface area contributed by atoms with Crippen LogP contribution in [0, 0.1) is 5.92 Å². The number of carbonyl (C=O) groups excluding carboxylic acids is 1. The average molecular weight is 378 g/mol. The Hall–Kier alpha value is -0.360. The first-order valence-corrected chi connectivity index (χ1v) is 9.15. The Morgan fingerprint density at radius 2 is 2.04 bits per heavy atom. The van der Waals surface area contributed by atoms with Crippen LogP contribution in [-0.2, 0) is 11.3 Å². The van der Waals surface area contributed by atoms with Crippen LogP contribution in [-0.4, -0.2) is 23.0 Å². The van der Waals surface area contributed by atoms with Gasteiger partial charge < -0.3 is 10.6 Å². The van der Waals surface area contributed by atoms with Crippen molar-refractivity contribution in [2.75, 3.05) is 0 Å². The quantitative estimate of drug-likeness (QED) is 0.844. The second kappa shape index (κ2) is 8.15. The Morgan fingerprint density at radius 3 is 2.78 bits per heavy atom. The minimum atomic E-state index is 0. The van der Waals surface area contributed by atoms with E-state index in [1.54, 1.807) is 11.3 Å². The Labute approximate surface area is 154 Å². The van der Waals surface area contributed by atoms with Crippen LogP contribution < -0.4 is 10.6 Å². The van der Waals surface area contributed by atoms with Gasteiger partial charge >= 0.3 is 0 Å². The van der Waals surface area contributed by atoms with Gasteiger partial charge in [-0.25, -0.2) is 4.98 Å². The van der Waals surface area contributed by atoms with Crippen molar-refractivity contribution in [1.82, 2.24) is 15.6 Å². The molecule has 2 saturated carbocycles.